The number of nitrogens with zero attached hydrogens (tertiary/aromatic N) is 2. The molecule has 0 bridgehead atoms. The Morgan fingerprint density at radius 1 is 0.750 bits per heavy atom. The van der Waals surface area contributed by atoms with E-state index in [1.165, 1.54) is 12.1 Å². The first-order valence-electron chi connectivity index (χ1n) is 7.90. The number of hydrogen-bond acceptors (Lipinski definition) is 4. The molecule has 1 N–H and O–H groups in total. The van der Waals surface area contributed by atoms with E-state index in [1.807, 2.05) is 12.1 Å². The monoisotopic (exact) mass is 432 g/mol. The number of para-hydroxylation sites is 2. The molecular formula is C20H11Cl3N2O3. The lowest BCUT2D eigenvalue weighted by molar-refractivity contribution is 0.0698. The Hall–Kier alpha value is -2.73. The van der Waals surface area contributed by atoms with Crippen molar-refractivity contribution in [3.05, 3.63) is 82.1 Å². The van der Waals surface area contributed by atoms with Gasteiger partial charge in [-0.05, 0) is 35.9 Å². The first kappa shape index (κ1) is 20.0. The molecule has 0 saturated heterocycles. The van der Waals surface area contributed by atoms with Gasteiger partial charge in [-0.1, -0.05) is 59.6 Å². The van der Waals surface area contributed by atoms with Gasteiger partial charge in [-0.15, -0.1) is 0 Å². The molecule has 2 aromatic heterocycles. The molecule has 0 atom stereocenters. The molecule has 0 aliphatic carbocycles. The predicted molar refractivity (Wildman–Crippen MR) is 111 cm³/mol. The molecule has 8 heteroatoms. The third-order valence-corrected chi connectivity index (χ3v) is 4.40. The lowest BCUT2D eigenvalue weighted by Gasteiger charge is -2.01. The maximum Gasteiger partial charge on any atom is 0.336 e. The van der Waals surface area contributed by atoms with Crippen LogP contribution in [0.25, 0.3) is 21.8 Å². The van der Waals surface area contributed by atoms with Crippen molar-refractivity contribution in [2.24, 2.45) is 0 Å². The largest absolute Gasteiger partial charge is 0.478 e. The number of carbonyl (C=O) groups is 2. The van der Waals surface area contributed by atoms with Crippen LogP contribution in [0.15, 0.2) is 60.7 Å². The zero-order chi connectivity index (χ0) is 20.3. The summed E-state index contributed by atoms with van der Waals surface area (Å²) in [6.45, 7) is 0. The summed E-state index contributed by atoms with van der Waals surface area (Å²) in [6.07, 6.45) is 0. The van der Waals surface area contributed by atoms with Crippen LogP contribution in [0.4, 0.5) is 0 Å². The zero-order valence-corrected chi connectivity index (χ0v) is 16.3. The van der Waals surface area contributed by atoms with Gasteiger partial charge in [-0.3, -0.25) is 4.79 Å². The normalized spacial score (nSPS) is 10.4. The minimum Gasteiger partial charge on any atom is -0.478 e. The molecule has 140 valence electrons. The van der Waals surface area contributed by atoms with Gasteiger partial charge >= 0.3 is 5.97 Å². The van der Waals surface area contributed by atoms with Gasteiger partial charge in [0.25, 0.3) is 5.24 Å². The lowest BCUT2D eigenvalue weighted by atomic mass is 10.1. The summed E-state index contributed by atoms with van der Waals surface area (Å²) in [5, 5.41) is 10.2. The smallest absolute Gasteiger partial charge is 0.336 e. The Labute approximate surface area is 174 Å². The van der Waals surface area contributed by atoms with Crippen LogP contribution in [0.2, 0.25) is 10.3 Å². The number of carbonyl (C=O) groups excluding carboxylic acids is 1. The first-order valence-corrected chi connectivity index (χ1v) is 9.04. The summed E-state index contributed by atoms with van der Waals surface area (Å²) in [5.41, 5.74) is 1.84. The van der Waals surface area contributed by atoms with Crippen LogP contribution in [0.1, 0.15) is 20.7 Å². The molecule has 0 saturated carbocycles. The molecule has 0 fully saturated rings. The van der Waals surface area contributed by atoms with Gasteiger partial charge in [0.1, 0.15) is 10.3 Å². The van der Waals surface area contributed by atoms with Gasteiger partial charge in [0, 0.05) is 16.3 Å². The minimum absolute atomic E-state index is 0.181. The van der Waals surface area contributed by atoms with E-state index in [4.69, 9.17) is 39.9 Å². The highest BCUT2D eigenvalue weighted by atomic mass is 35.5. The predicted octanol–water partition coefficient (Wildman–Crippen LogP) is 5.85. The molecular weight excluding hydrogens is 423 g/mol. The summed E-state index contributed by atoms with van der Waals surface area (Å²) < 4.78 is 0. The number of halogens is 3. The standard InChI is InChI=1S/C10H5Cl2NO.C10H6ClNO2/c11-9-5-7(10(12)14)6-3-1-2-4-8(6)13-9;11-9-5-7(10(13)14)6-3-1-2-4-8(6)12-9/h1-5H;1-5H,(H,13,14). The summed E-state index contributed by atoms with van der Waals surface area (Å²) in [7, 11) is 0. The molecule has 4 aromatic rings. The molecule has 4 rings (SSSR count). The SMILES string of the molecule is O=C(Cl)c1cc(Cl)nc2ccccc12.O=C(O)c1cc(Cl)nc2ccccc12. The van der Waals surface area contributed by atoms with E-state index < -0.39 is 11.2 Å². The van der Waals surface area contributed by atoms with Crippen LogP contribution in [-0.4, -0.2) is 26.3 Å². The summed E-state index contributed by atoms with van der Waals surface area (Å²) in [5.74, 6) is -0.995. The number of aromatic nitrogens is 2. The summed E-state index contributed by atoms with van der Waals surface area (Å²) in [4.78, 5) is 30.1. The minimum atomic E-state index is -0.995. The van der Waals surface area contributed by atoms with Gasteiger partial charge in [-0.2, -0.15) is 0 Å². The van der Waals surface area contributed by atoms with Crippen LogP contribution in [0.3, 0.4) is 0 Å². The van der Waals surface area contributed by atoms with Crippen LogP contribution in [-0.2, 0) is 0 Å². The van der Waals surface area contributed by atoms with Gasteiger partial charge in [-0.25, -0.2) is 14.8 Å². The summed E-state index contributed by atoms with van der Waals surface area (Å²) >= 11 is 16.9. The molecule has 0 spiro atoms. The van der Waals surface area contributed by atoms with Crippen molar-refractivity contribution in [1.82, 2.24) is 9.97 Å². The summed E-state index contributed by atoms with van der Waals surface area (Å²) in [6, 6.07) is 17.0. The molecule has 2 aromatic carbocycles. The van der Waals surface area contributed by atoms with Crippen molar-refractivity contribution < 1.29 is 14.7 Å². The first-order chi connectivity index (χ1) is 13.4. The number of benzene rings is 2. The molecule has 0 amide bonds. The van der Waals surface area contributed by atoms with Crippen LogP contribution in [0, 0.1) is 0 Å². The Kier molecular flexibility index (Phi) is 6.09. The second-order valence-electron chi connectivity index (χ2n) is 5.60. The Morgan fingerprint density at radius 2 is 1.18 bits per heavy atom. The Bertz CT molecular complexity index is 1120. The van der Waals surface area contributed by atoms with E-state index in [0.29, 0.717) is 22.0 Å². The van der Waals surface area contributed by atoms with Crippen molar-refractivity contribution in [1.29, 1.82) is 0 Å². The highest BCUT2D eigenvalue weighted by Crippen LogP contribution is 2.22. The number of hydrogen-bond donors (Lipinski definition) is 1. The Morgan fingerprint density at radius 3 is 1.64 bits per heavy atom. The fraction of sp³-hybridized carbons (Fsp3) is 0. The van der Waals surface area contributed by atoms with Gasteiger partial charge in [0.15, 0.2) is 0 Å². The number of fused-ring (bicyclic) bond motifs is 2. The topological polar surface area (TPSA) is 80.2 Å². The van der Waals surface area contributed by atoms with Crippen LogP contribution < -0.4 is 0 Å². The third-order valence-electron chi connectivity index (χ3n) is 3.81. The number of carboxylic acid groups (broad SMARTS) is 1. The zero-order valence-electron chi connectivity index (χ0n) is 14.1. The maximum absolute atomic E-state index is 11.1. The van der Waals surface area contributed by atoms with Crippen molar-refractivity contribution in [2.75, 3.05) is 0 Å². The van der Waals surface area contributed by atoms with E-state index in [-0.39, 0.29) is 15.9 Å². The Balaban J connectivity index is 0.000000161. The highest BCUT2D eigenvalue weighted by molar-refractivity contribution is 6.68. The fourth-order valence-corrected chi connectivity index (χ4v) is 3.18. The van der Waals surface area contributed by atoms with E-state index >= 15 is 0 Å². The van der Waals surface area contributed by atoms with Crippen molar-refractivity contribution >= 4 is 67.8 Å². The molecule has 0 aliphatic rings. The molecule has 0 radical (unpaired) electrons. The van der Waals surface area contributed by atoms with Gasteiger partial charge < -0.3 is 5.11 Å². The molecule has 28 heavy (non-hydrogen) atoms. The number of carboxylic acids is 1. The molecule has 0 unspecified atom stereocenters. The molecule has 5 nitrogen and oxygen atoms in total. The average molecular weight is 434 g/mol. The lowest BCUT2D eigenvalue weighted by Crippen LogP contribution is -1.98. The van der Waals surface area contributed by atoms with Crippen LogP contribution >= 0.6 is 34.8 Å². The second kappa shape index (κ2) is 8.52. The average Bonchev–Trinajstić information content (AvgIpc) is 2.66. The second-order valence-corrected chi connectivity index (χ2v) is 6.72. The van der Waals surface area contributed by atoms with E-state index in [0.717, 1.165) is 5.39 Å². The highest BCUT2D eigenvalue weighted by Gasteiger charge is 2.10. The molecule has 0 aliphatic heterocycles. The third kappa shape index (κ3) is 4.39. The van der Waals surface area contributed by atoms with Crippen molar-refractivity contribution in [3.63, 3.8) is 0 Å². The van der Waals surface area contributed by atoms with E-state index in [1.54, 1.807) is 36.4 Å². The number of pyridine rings is 2. The molecule has 2 heterocycles. The van der Waals surface area contributed by atoms with Gasteiger partial charge in [0.05, 0.1) is 16.6 Å². The number of aromatic carboxylic acids is 1. The van der Waals surface area contributed by atoms with E-state index in [9.17, 15) is 9.59 Å². The van der Waals surface area contributed by atoms with Crippen molar-refractivity contribution in [3.8, 4) is 0 Å². The van der Waals surface area contributed by atoms with Gasteiger partial charge in [0.2, 0.25) is 0 Å². The van der Waals surface area contributed by atoms with Crippen LogP contribution in [0.5, 0.6) is 0 Å². The fourth-order valence-electron chi connectivity index (χ4n) is 2.63. The quantitative estimate of drug-likeness (QED) is 0.317. The van der Waals surface area contributed by atoms with E-state index in [2.05, 4.69) is 9.97 Å². The van der Waals surface area contributed by atoms with Crippen molar-refractivity contribution in [2.45, 2.75) is 0 Å². The number of rotatable bonds is 2. The maximum atomic E-state index is 11.1.